The molecule has 46 heavy (non-hydrogen) atoms. The van der Waals surface area contributed by atoms with E-state index in [0.717, 1.165) is 56.2 Å². The summed E-state index contributed by atoms with van der Waals surface area (Å²) in [4.78, 5) is 0. The third-order valence-electron chi connectivity index (χ3n) is 8.42. The minimum Gasteiger partial charge on any atom is -0.429 e. The Morgan fingerprint density at radius 1 is 0.717 bits per heavy atom. The van der Waals surface area contributed by atoms with Crippen LogP contribution in [0.5, 0.6) is 5.75 Å². The highest BCUT2D eigenvalue weighted by Gasteiger charge is 2.41. The Hall–Kier alpha value is -3.85. The Bertz CT molecular complexity index is 1720. The van der Waals surface area contributed by atoms with Crippen molar-refractivity contribution in [2.75, 3.05) is 0 Å². The maximum atomic E-state index is 15.3. The normalized spacial score (nSPS) is 17.1. The molecule has 0 unspecified atom stereocenters. The van der Waals surface area contributed by atoms with Crippen LogP contribution < -0.4 is 4.74 Å². The minimum atomic E-state index is -4.71. The number of allylic oxidation sites excluding steroid dienone is 2. The second-order valence-electron chi connectivity index (χ2n) is 11.4. The number of rotatable bonds is 9. The van der Waals surface area contributed by atoms with Crippen LogP contribution in [0.25, 0.3) is 22.3 Å². The van der Waals surface area contributed by atoms with Crippen LogP contribution in [-0.2, 0) is 6.11 Å². The lowest BCUT2D eigenvalue weighted by molar-refractivity contribution is -0.189. The van der Waals surface area contributed by atoms with Crippen LogP contribution in [0.2, 0.25) is 5.02 Å². The Labute approximate surface area is 266 Å². The SMILES string of the molecule is CC=CCCC1CCC(c2ccc(-c3ccc(-c4cc(F)c(C(F)(F)Oc5cc(F)c(Cl)c(F)c5)c(F)c4)c(F)c3)c(F)c2)CC1. The summed E-state index contributed by atoms with van der Waals surface area (Å²) in [5, 5.41) is -0.978. The van der Waals surface area contributed by atoms with Gasteiger partial charge in [-0.25, -0.2) is 26.3 Å². The summed E-state index contributed by atoms with van der Waals surface area (Å²) in [5.41, 5.74) is -1.41. The molecule has 1 aliphatic carbocycles. The molecule has 0 aliphatic heterocycles. The maximum Gasteiger partial charge on any atom is 0.432 e. The molecule has 0 amide bonds. The van der Waals surface area contributed by atoms with Crippen LogP contribution in [0.1, 0.15) is 62.5 Å². The molecular weight excluding hydrogens is 636 g/mol. The number of hydrogen-bond donors (Lipinski definition) is 0. The zero-order valence-corrected chi connectivity index (χ0v) is 25.4. The first-order valence-electron chi connectivity index (χ1n) is 14.8. The van der Waals surface area contributed by atoms with Gasteiger partial charge in [0.25, 0.3) is 0 Å². The summed E-state index contributed by atoms with van der Waals surface area (Å²) < 4.78 is 121. The molecular formula is C36H29ClF8O. The lowest BCUT2D eigenvalue weighted by Crippen LogP contribution is -2.25. The van der Waals surface area contributed by atoms with E-state index in [9.17, 15) is 26.3 Å². The van der Waals surface area contributed by atoms with Crippen LogP contribution in [0.15, 0.2) is 72.8 Å². The van der Waals surface area contributed by atoms with Gasteiger partial charge in [0.2, 0.25) is 0 Å². The zero-order valence-electron chi connectivity index (χ0n) is 24.6. The maximum absolute atomic E-state index is 15.3. The summed E-state index contributed by atoms with van der Waals surface area (Å²) in [5.74, 6) is -8.13. The van der Waals surface area contributed by atoms with Crippen molar-refractivity contribution in [1.82, 2.24) is 0 Å². The second-order valence-corrected chi connectivity index (χ2v) is 11.8. The van der Waals surface area contributed by atoms with E-state index in [4.69, 9.17) is 11.6 Å². The topological polar surface area (TPSA) is 9.23 Å². The molecule has 0 bridgehead atoms. The molecule has 0 spiro atoms. The van der Waals surface area contributed by atoms with E-state index in [-0.39, 0.29) is 22.6 Å². The minimum absolute atomic E-state index is 0.133. The highest BCUT2D eigenvalue weighted by molar-refractivity contribution is 6.30. The third-order valence-corrected chi connectivity index (χ3v) is 8.78. The fourth-order valence-corrected chi connectivity index (χ4v) is 6.13. The largest absolute Gasteiger partial charge is 0.432 e. The van der Waals surface area contributed by atoms with E-state index in [1.54, 1.807) is 6.07 Å². The highest BCUT2D eigenvalue weighted by Crippen LogP contribution is 2.41. The van der Waals surface area contributed by atoms with Crippen LogP contribution >= 0.6 is 11.6 Å². The van der Waals surface area contributed by atoms with Gasteiger partial charge in [0.1, 0.15) is 51.2 Å². The molecule has 0 atom stereocenters. The predicted octanol–water partition coefficient (Wildman–Crippen LogP) is 12.3. The molecule has 1 saturated carbocycles. The van der Waals surface area contributed by atoms with Gasteiger partial charge in [-0.1, -0.05) is 48.0 Å². The summed E-state index contributed by atoms with van der Waals surface area (Å²) in [6, 6.07) is 9.98. The van der Waals surface area contributed by atoms with Crippen LogP contribution in [-0.4, -0.2) is 0 Å². The van der Waals surface area contributed by atoms with Gasteiger partial charge in [-0.15, -0.1) is 0 Å². The average Bonchev–Trinajstić information content (AvgIpc) is 2.99. The molecule has 0 aromatic heterocycles. The summed E-state index contributed by atoms with van der Waals surface area (Å²) in [6.07, 6.45) is 5.79. The van der Waals surface area contributed by atoms with E-state index >= 15 is 8.78 Å². The Morgan fingerprint density at radius 2 is 1.28 bits per heavy atom. The van der Waals surface area contributed by atoms with Gasteiger partial charge >= 0.3 is 6.11 Å². The molecule has 1 fully saturated rings. The number of ether oxygens (including phenoxy) is 1. The molecule has 0 heterocycles. The smallest absolute Gasteiger partial charge is 0.429 e. The van der Waals surface area contributed by atoms with Crippen molar-refractivity contribution in [3.8, 4) is 28.0 Å². The second kappa shape index (κ2) is 13.9. The first-order chi connectivity index (χ1) is 21.9. The highest BCUT2D eigenvalue weighted by atomic mass is 35.5. The average molecular weight is 665 g/mol. The van der Waals surface area contributed by atoms with Crippen molar-refractivity contribution in [3.63, 3.8) is 0 Å². The number of alkyl halides is 2. The van der Waals surface area contributed by atoms with Gasteiger partial charge in [-0.05, 0) is 98.2 Å². The van der Waals surface area contributed by atoms with Crippen molar-refractivity contribution in [2.24, 2.45) is 5.92 Å². The first-order valence-corrected chi connectivity index (χ1v) is 15.2. The predicted molar refractivity (Wildman–Crippen MR) is 162 cm³/mol. The van der Waals surface area contributed by atoms with Crippen molar-refractivity contribution >= 4 is 11.6 Å². The molecule has 5 rings (SSSR count). The van der Waals surface area contributed by atoms with E-state index in [1.165, 1.54) is 12.1 Å². The Balaban J connectivity index is 1.33. The fourth-order valence-electron chi connectivity index (χ4n) is 6.02. The van der Waals surface area contributed by atoms with Gasteiger partial charge in [0.05, 0.1) is 0 Å². The van der Waals surface area contributed by atoms with Crippen molar-refractivity contribution < 1.29 is 39.9 Å². The fraction of sp³-hybridized carbons (Fsp3) is 0.278. The van der Waals surface area contributed by atoms with Crippen molar-refractivity contribution in [1.29, 1.82) is 0 Å². The number of hydrogen-bond acceptors (Lipinski definition) is 1. The number of benzene rings is 4. The van der Waals surface area contributed by atoms with Gasteiger partial charge < -0.3 is 4.74 Å². The summed E-state index contributed by atoms with van der Waals surface area (Å²) in [7, 11) is 0. The number of halogens is 9. The first kappa shape index (κ1) is 33.5. The van der Waals surface area contributed by atoms with E-state index < -0.39 is 62.9 Å². The summed E-state index contributed by atoms with van der Waals surface area (Å²) >= 11 is 5.32. The molecule has 4 aromatic carbocycles. The third kappa shape index (κ3) is 7.25. The van der Waals surface area contributed by atoms with E-state index in [1.807, 2.05) is 13.0 Å². The van der Waals surface area contributed by atoms with Crippen LogP contribution in [0, 0.1) is 40.8 Å². The molecule has 0 saturated heterocycles. The lowest BCUT2D eigenvalue weighted by atomic mass is 9.77. The molecule has 0 N–H and O–H groups in total. The van der Waals surface area contributed by atoms with Gasteiger partial charge in [0.15, 0.2) is 0 Å². The summed E-state index contributed by atoms with van der Waals surface area (Å²) in [6.45, 7) is 2.00. The molecule has 4 aromatic rings. The van der Waals surface area contributed by atoms with Gasteiger partial charge in [-0.3, -0.25) is 0 Å². The van der Waals surface area contributed by atoms with Crippen molar-refractivity contribution in [3.05, 3.63) is 124 Å². The van der Waals surface area contributed by atoms with Crippen molar-refractivity contribution in [2.45, 2.75) is 57.5 Å². The Kier molecular flexibility index (Phi) is 10.1. The quantitative estimate of drug-likeness (QED) is 0.0983. The van der Waals surface area contributed by atoms with E-state index in [2.05, 4.69) is 16.9 Å². The standard InChI is InChI=1S/C36H29ClF8O/c1-2-3-4-5-20-6-8-21(9-7-20)22-10-12-26(28(38)14-22)23-11-13-27(29(39)15-23)24-16-30(40)34(31(41)17-24)36(44,45)46-25-18-32(42)35(37)33(43)19-25/h2-3,10-21H,4-9H2,1H3. The van der Waals surface area contributed by atoms with Crippen LogP contribution in [0.3, 0.4) is 0 Å². The lowest BCUT2D eigenvalue weighted by Gasteiger charge is -2.28. The van der Waals surface area contributed by atoms with Crippen LogP contribution in [0.4, 0.5) is 35.1 Å². The zero-order chi connectivity index (χ0) is 33.2. The molecule has 1 nitrogen and oxygen atoms in total. The van der Waals surface area contributed by atoms with Gasteiger partial charge in [-0.2, -0.15) is 8.78 Å². The monoisotopic (exact) mass is 664 g/mol. The Morgan fingerprint density at radius 3 is 1.87 bits per heavy atom. The van der Waals surface area contributed by atoms with E-state index in [0.29, 0.717) is 30.2 Å². The van der Waals surface area contributed by atoms with Gasteiger partial charge in [0, 0.05) is 23.3 Å². The molecule has 242 valence electrons. The molecule has 0 radical (unpaired) electrons. The molecule has 10 heteroatoms. The molecule has 1 aliphatic rings.